The van der Waals surface area contributed by atoms with E-state index in [9.17, 15) is 13.2 Å². The number of rotatable bonds is 4. The van der Waals surface area contributed by atoms with Crippen LogP contribution in [0.2, 0.25) is 0 Å². The predicted octanol–water partition coefficient (Wildman–Crippen LogP) is 4.12. The molecule has 3 aromatic rings. The normalized spacial score (nSPS) is 16.2. The minimum Gasteiger partial charge on any atom is -0.353 e. The maximum absolute atomic E-state index is 12.7. The van der Waals surface area contributed by atoms with Gasteiger partial charge < -0.3 is 4.90 Å². The molecule has 142 valence electrons. The van der Waals surface area contributed by atoms with E-state index in [1.54, 1.807) is 6.07 Å². The summed E-state index contributed by atoms with van der Waals surface area (Å²) in [6.45, 7) is 4.27. The Morgan fingerprint density at radius 3 is 2.44 bits per heavy atom. The number of piperazine rings is 1. The first kappa shape index (κ1) is 18.2. The lowest BCUT2D eigenvalue weighted by Crippen LogP contribution is -2.46. The molecule has 1 saturated heterocycles. The highest BCUT2D eigenvalue weighted by molar-refractivity contribution is 7.18. The third kappa shape index (κ3) is 4.39. The molecule has 4 nitrogen and oxygen atoms in total. The second-order valence-electron chi connectivity index (χ2n) is 6.67. The first-order valence-electron chi connectivity index (χ1n) is 8.79. The van der Waals surface area contributed by atoms with Gasteiger partial charge in [-0.15, -0.1) is 11.3 Å². The molecular formula is C19H19F3N4S. The van der Waals surface area contributed by atoms with Gasteiger partial charge >= 0.3 is 6.18 Å². The lowest BCUT2D eigenvalue weighted by molar-refractivity contribution is -0.126. The summed E-state index contributed by atoms with van der Waals surface area (Å²) in [5, 5.41) is 0.721. The van der Waals surface area contributed by atoms with Crippen LogP contribution in [0, 0.1) is 0 Å². The highest BCUT2D eigenvalue weighted by Crippen LogP contribution is 2.34. The molecule has 0 radical (unpaired) electrons. The van der Waals surface area contributed by atoms with Gasteiger partial charge in [0.15, 0.2) is 0 Å². The molecule has 1 fully saturated rings. The molecule has 0 saturated carbocycles. The molecule has 0 amide bonds. The minimum absolute atomic E-state index is 0.280. The largest absolute Gasteiger partial charge is 0.393 e. The van der Waals surface area contributed by atoms with E-state index in [1.165, 1.54) is 11.9 Å². The Bertz CT molecular complexity index is 902. The van der Waals surface area contributed by atoms with Crippen molar-refractivity contribution in [3.05, 3.63) is 53.2 Å². The summed E-state index contributed by atoms with van der Waals surface area (Å²) in [5.74, 6) is 0.740. The van der Waals surface area contributed by atoms with Gasteiger partial charge in [-0.25, -0.2) is 9.97 Å². The van der Waals surface area contributed by atoms with Crippen molar-refractivity contribution in [2.75, 3.05) is 31.1 Å². The fourth-order valence-electron chi connectivity index (χ4n) is 3.39. The van der Waals surface area contributed by atoms with Crippen molar-refractivity contribution < 1.29 is 13.2 Å². The molecular weight excluding hydrogens is 373 g/mol. The van der Waals surface area contributed by atoms with Gasteiger partial charge in [-0.05, 0) is 11.6 Å². The van der Waals surface area contributed by atoms with Crippen molar-refractivity contribution in [1.82, 2.24) is 14.9 Å². The van der Waals surface area contributed by atoms with Gasteiger partial charge in [-0.2, -0.15) is 13.2 Å². The summed E-state index contributed by atoms with van der Waals surface area (Å²) in [6.07, 6.45) is -3.68. The van der Waals surface area contributed by atoms with Gasteiger partial charge in [-0.3, -0.25) is 4.90 Å². The number of hydrogen-bond acceptors (Lipinski definition) is 5. The second-order valence-corrected chi connectivity index (χ2v) is 7.78. The predicted molar refractivity (Wildman–Crippen MR) is 101 cm³/mol. The first-order chi connectivity index (χ1) is 13.0. The van der Waals surface area contributed by atoms with E-state index in [1.807, 2.05) is 18.2 Å². The van der Waals surface area contributed by atoms with E-state index in [4.69, 9.17) is 0 Å². The Morgan fingerprint density at radius 1 is 1.00 bits per heavy atom. The van der Waals surface area contributed by atoms with Crippen molar-refractivity contribution in [3.8, 4) is 0 Å². The number of halogens is 3. The summed E-state index contributed by atoms with van der Waals surface area (Å²) in [7, 11) is 0. The van der Waals surface area contributed by atoms with E-state index < -0.39 is 12.6 Å². The van der Waals surface area contributed by atoms with Crippen molar-refractivity contribution in [3.63, 3.8) is 0 Å². The van der Waals surface area contributed by atoms with E-state index in [-0.39, 0.29) is 4.88 Å². The fourth-order valence-corrected chi connectivity index (χ4v) is 4.41. The summed E-state index contributed by atoms with van der Waals surface area (Å²) in [5.41, 5.74) is 1.28. The van der Waals surface area contributed by atoms with Gasteiger partial charge in [-0.1, -0.05) is 30.3 Å². The third-order valence-corrected chi connectivity index (χ3v) is 5.70. The standard InChI is InChI=1S/C19H19F3N4S/c20-19(21,22)11-15-10-16-17(23-13-24-18(16)27-15)26-8-6-25(7-9-26)12-14-4-2-1-3-5-14/h1-5,10,13H,6-9,11-12H2. The Labute approximate surface area is 159 Å². The van der Waals surface area contributed by atoms with Gasteiger partial charge in [0.2, 0.25) is 0 Å². The lowest BCUT2D eigenvalue weighted by Gasteiger charge is -2.35. The molecule has 0 N–H and O–H groups in total. The van der Waals surface area contributed by atoms with E-state index >= 15 is 0 Å². The molecule has 4 rings (SSSR count). The van der Waals surface area contributed by atoms with Crippen molar-refractivity contribution >= 4 is 27.4 Å². The zero-order chi connectivity index (χ0) is 18.9. The molecule has 27 heavy (non-hydrogen) atoms. The molecule has 8 heteroatoms. The van der Waals surface area contributed by atoms with Crippen molar-refractivity contribution in [1.29, 1.82) is 0 Å². The highest BCUT2D eigenvalue weighted by Gasteiger charge is 2.29. The number of nitrogens with zero attached hydrogens (tertiary/aromatic N) is 4. The molecule has 1 aliphatic heterocycles. The molecule has 1 aliphatic rings. The molecule has 2 aromatic heterocycles. The van der Waals surface area contributed by atoms with Crippen LogP contribution in [0.25, 0.3) is 10.2 Å². The van der Waals surface area contributed by atoms with E-state index in [0.29, 0.717) is 4.83 Å². The van der Waals surface area contributed by atoms with Crippen LogP contribution in [0.5, 0.6) is 0 Å². The number of benzene rings is 1. The van der Waals surface area contributed by atoms with Crippen molar-refractivity contribution in [2.45, 2.75) is 19.1 Å². The summed E-state index contributed by atoms with van der Waals surface area (Å²) in [4.78, 5) is 14.0. The average Bonchev–Trinajstić information content (AvgIpc) is 3.03. The number of hydrogen-bond donors (Lipinski definition) is 0. The number of fused-ring (bicyclic) bond motifs is 1. The number of aromatic nitrogens is 2. The zero-order valence-electron chi connectivity index (χ0n) is 14.6. The monoisotopic (exact) mass is 392 g/mol. The van der Waals surface area contributed by atoms with Crippen LogP contribution in [-0.2, 0) is 13.0 Å². The van der Waals surface area contributed by atoms with Crippen LogP contribution in [0.4, 0.5) is 19.0 Å². The quantitative estimate of drug-likeness (QED) is 0.669. The average molecular weight is 392 g/mol. The van der Waals surface area contributed by atoms with Crippen LogP contribution < -0.4 is 4.90 Å². The molecule has 0 bridgehead atoms. The maximum Gasteiger partial charge on any atom is 0.393 e. The SMILES string of the molecule is FC(F)(F)Cc1cc2c(N3CCN(Cc4ccccc4)CC3)ncnc2s1. The lowest BCUT2D eigenvalue weighted by atomic mass is 10.2. The summed E-state index contributed by atoms with van der Waals surface area (Å²) in [6, 6.07) is 11.9. The fraction of sp³-hybridized carbons (Fsp3) is 0.368. The van der Waals surface area contributed by atoms with Crippen molar-refractivity contribution in [2.24, 2.45) is 0 Å². The van der Waals surface area contributed by atoms with Gasteiger partial charge in [0, 0.05) is 37.6 Å². The Morgan fingerprint density at radius 2 is 1.74 bits per heavy atom. The molecule has 1 aromatic carbocycles. The Hall–Kier alpha value is -2.19. The Kier molecular flexibility index (Phi) is 5.01. The molecule has 0 aliphatic carbocycles. The van der Waals surface area contributed by atoms with Gasteiger partial charge in [0.25, 0.3) is 0 Å². The van der Waals surface area contributed by atoms with E-state index in [2.05, 4.69) is 31.9 Å². The summed E-state index contributed by atoms with van der Waals surface area (Å²) >= 11 is 1.10. The smallest absolute Gasteiger partial charge is 0.353 e. The van der Waals surface area contributed by atoms with Crippen LogP contribution in [-0.4, -0.2) is 47.2 Å². The van der Waals surface area contributed by atoms with Crippen LogP contribution >= 0.6 is 11.3 Å². The van der Waals surface area contributed by atoms with Crippen LogP contribution in [0.1, 0.15) is 10.4 Å². The minimum atomic E-state index is -4.21. The molecule has 3 heterocycles. The maximum atomic E-state index is 12.7. The van der Waals surface area contributed by atoms with Crippen LogP contribution in [0.15, 0.2) is 42.7 Å². The third-order valence-electron chi connectivity index (χ3n) is 4.65. The van der Waals surface area contributed by atoms with E-state index in [0.717, 1.165) is 55.3 Å². The topological polar surface area (TPSA) is 32.3 Å². The van der Waals surface area contributed by atoms with Gasteiger partial charge in [0.1, 0.15) is 17.0 Å². The van der Waals surface area contributed by atoms with Gasteiger partial charge in [0.05, 0.1) is 11.8 Å². The van der Waals surface area contributed by atoms with Crippen LogP contribution in [0.3, 0.4) is 0 Å². The highest BCUT2D eigenvalue weighted by atomic mass is 32.1. The molecule has 0 spiro atoms. The zero-order valence-corrected chi connectivity index (χ0v) is 15.4. The molecule has 0 atom stereocenters. The number of anilines is 1. The summed E-state index contributed by atoms with van der Waals surface area (Å²) < 4.78 is 38.1. The number of thiophene rings is 1. The number of alkyl halides is 3. The first-order valence-corrected chi connectivity index (χ1v) is 9.61. The second kappa shape index (κ2) is 7.44. The molecule has 0 unspecified atom stereocenters. The Balaban J connectivity index is 1.47.